The number of aromatic nitrogens is 2. The second kappa shape index (κ2) is 10.8. The number of halogens is 1. The summed E-state index contributed by atoms with van der Waals surface area (Å²) < 4.78 is 1.08. The van der Waals surface area contributed by atoms with Crippen LogP contribution in [0.15, 0.2) is 53.8 Å². The summed E-state index contributed by atoms with van der Waals surface area (Å²) in [5, 5.41) is 15.0. The molecule has 0 atom stereocenters. The van der Waals surface area contributed by atoms with Crippen LogP contribution in [0.4, 0.5) is 16.3 Å². The van der Waals surface area contributed by atoms with Gasteiger partial charge in [-0.05, 0) is 86.4 Å². The SMILES string of the molecule is CC(C)(C)N(CC1CCN(c2cccc3ccc(/C=N/Nc4cc(I)ccn4)nc23)CC1)C(=O)O. The lowest BCUT2D eigenvalue weighted by Gasteiger charge is -2.39. The predicted molar refractivity (Wildman–Crippen MR) is 149 cm³/mol. The summed E-state index contributed by atoms with van der Waals surface area (Å²) in [5.41, 5.74) is 5.38. The van der Waals surface area contributed by atoms with E-state index < -0.39 is 11.6 Å². The number of benzene rings is 1. The Morgan fingerprint density at radius 2 is 2.03 bits per heavy atom. The topological polar surface area (TPSA) is 94.0 Å². The van der Waals surface area contributed by atoms with Crippen molar-refractivity contribution in [3.63, 3.8) is 0 Å². The maximum atomic E-state index is 11.7. The molecule has 1 fully saturated rings. The zero-order chi connectivity index (χ0) is 25.0. The smallest absolute Gasteiger partial charge is 0.407 e. The van der Waals surface area contributed by atoms with Crippen LogP contribution in [0.25, 0.3) is 10.9 Å². The number of nitrogens with zero attached hydrogens (tertiary/aromatic N) is 5. The molecule has 0 aliphatic carbocycles. The number of para-hydroxylation sites is 1. The lowest BCUT2D eigenvalue weighted by molar-refractivity contribution is 0.0852. The van der Waals surface area contributed by atoms with Gasteiger partial charge in [0.1, 0.15) is 5.82 Å². The average Bonchev–Trinajstić information content (AvgIpc) is 2.82. The molecule has 2 aromatic heterocycles. The van der Waals surface area contributed by atoms with Crippen LogP contribution >= 0.6 is 22.6 Å². The lowest BCUT2D eigenvalue weighted by Crippen LogP contribution is -2.49. The molecule has 9 heteroatoms. The lowest BCUT2D eigenvalue weighted by atomic mass is 9.93. The van der Waals surface area contributed by atoms with Crippen molar-refractivity contribution in [2.75, 3.05) is 30.0 Å². The van der Waals surface area contributed by atoms with Gasteiger partial charge in [0.2, 0.25) is 0 Å². The second-order valence-electron chi connectivity index (χ2n) is 9.81. The third kappa shape index (κ3) is 6.39. The monoisotopic (exact) mass is 586 g/mol. The summed E-state index contributed by atoms with van der Waals surface area (Å²) >= 11 is 2.24. The minimum Gasteiger partial charge on any atom is -0.465 e. The third-order valence-corrected chi connectivity index (χ3v) is 6.93. The number of piperidine rings is 1. The van der Waals surface area contributed by atoms with Gasteiger partial charge in [0.05, 0.1) is 23.1 Å². The van der Waals surface area contributed by atoms with Crippen molar-refractivity contribution in [1.29, 1.82) is 0 Å². The Morgan fingerprint density at radius 1 is 1.26 bits per heavy atom. The first-order valence-corrected chi connectivity index (χ1v) is 12.8. The quantitative estimate of drug-likeness (QED) is 0.220. The van der Waals surface area contributed by atoms with Gasteiger partial charge in [-0.2, -0.15) is 5.10 Å². The zero-order valence-electron chi connectivity index (χ0n) is 20.3. The molecule has 0 spiro atoms. The molecule has 0 saturated carbocycles. The van der Waals surface area contributed by atoms with Crippen LogP contribution in [0.3, 0.4) is 0 Å². The van der Waals surface area contributed by atoms with E-state index in [1.807, 2.05) is 39.0 Å². The van der Waals surface area contributed by atoms with E-state index in [4.69, 9.17) is 4.98 Å². The van der Waals surface area contributed by atoms with E-state index in [0.717, 1.165) is 51.8 Å². The first-order chi connectivity index (χ1) is 16.7. The molecule has 1 aliphatic heterocycles. The first-order valence-electron chi connectivity index (χ1n) is 11.8. The number of carbonyl (C=O) groups is 1. The van der Waals surface area contributed by atoms with Crippen LogP contribution in [-0.2, 0) is 0 Å². The molecule has 184 valence electrons. The van der Waals surface area contributed by atoms with Crippen LogP contribution in [0.5, 0.6) is 0 Å². The summed E-state index contributed by atoms with van der Waals surface area (Å²) in [6.07, 6.45) is 4.50. The number of fused-ring (bicyclic) bond motifs is 1. The predicted octanol–water partition coefficient (Wildman–Crippen LogP) is 5.68. The van der Waals surface area contributed by atoms with Gasteiger partial charge in [-0.15, -0.1) is 0 Å². The Bertz CT molecular complexity index is 1220. The highest BCUT2D eigenvalue weighted by atomic mass is 127. The molecule has 0 bridgehead atoms. The van der Waals surface area contributed by atoms with E-state index in [1.165, 1.54) is 0 Å². The zero-order valence-corrected chi connectivity index (χ0v) is 22.4. The molecule has 0 unspecified atom stereocenters. The molecule has 8 nitrogen and oxygen atoms in total. The molecule has 4 rings (SSSR count). The number of carboxylic acid groups (broad SMARTS) is 1. The molecule has 35 heavy (non-hydrogen) atoms. The summed E-state index contributed by atoms with van der Waals surface area (Å²) in [5.74, 6) is 1.04. The minimum absolute atomic E-state index is 0.355. The van der Waals surface area contributed by atoms with Crippen molar-refractivity contribution in [2.24, 2.45) is 11.0 Å². The van der Waals surface area contributed by atoms with Gasteiger partial charge in [0.25, 0.3) is 0 Å². The molecule has 3 heterocycles. The van der Waals surface area contributed by atoms with Crippen molar-refractivity contribution in [1.82, 2.24) is 14.9 Å². The van der Waals surface area contributed by atoms with Crippen molar-refractivity contribution in [3.05, 3.63) is 57.9 Å². The van der Waals surface area contributed by atoms with Gasteiger partial charge in [-0.3, -0.25) is 5.43 Å². The number of hydrazone groups is 1. The molecular weight excluding hydrogens is 555 g/mol. The third-order valence-electron chi connectivity index (χ3n) is 6.26. The first kappa shape index (κ1) is 25.2. The number of anilines is 2. The summed E-state index contributed by atoms with van der Waals surface area (Å²) in [6.45, 7) is 8.17. The minimum atomic E-state index is -0.848. The van der Waals surface area contributed by atoms with Crippen molar-refractivity contribution >= 4 is 57.3 Å². The number of hydrogen-bond acceptors (Lipinski definition) is 6. The number of amides is 1. The molecule has 1 amide bonds. The standard InChI is InChI=1S/C26H31IN6O2/c1-26(2,3)33(25(34)35)17-18-10-13-32(14-11-18)22-6-4-5-19-7-8-21(30-24(19)22)16-29-31-23-15-20(27)9-12-28-23/h4-9,12,15-16,18H,10-11,13-14,17H2,1-3H3,(H,28,31)(H,34,35)/b29-16+. The van der Waals surface area contributed by atoms with Crippen LogP contribution < -0.4 is 10.3 Å². The summed E-state index contributed by atoms with van der Waals surface area (Å²) in [4.78, 5) is 24.8. The van der Waals surface area contributed by atoms with Crippen LogP contribution in [0, 0.1) is 9.49 Å². The van der Waals surface area contributed by atoms with E-state index in [0.29, 0.717) is 18.3 Å². The fourth-order valence-electron chi connectivity index (χ4n) is 4.36. The maximum absolute atomic E-state index is 11.7. The van der Waals surface area contributed by atoms with E-state index in [9.17, 15) is 9.90 Å². The number of rotatable bonds is 6. The van der Waals surface area contributed by atoms with Crippen LogP contribution in [0.1, 0.15) is 39.3 Å². The summed E-state index contributed by atoms with van der Waals surface area (Å²) in [7, 11) is 0. The van der Waals surface area contributed by atoms with Gasteiger partial charge in [0.15, 0.2) is 0 Å². The average molecular weight is 586 g/mol. The Labute approximate surface area is 219 Å². The molecule has 1 aliphatic rings. The Hall–Kier alpha value is -2.95. The highest BCUT2D eigenvalue weighted by Gasteiger charge is 2.30. The molecule has 1 saturated heterocycles. The van der Waals surface area contributed by atoms with Gasteiger partial charge in [0, 0.05) is 40.3 Å². The highest BCUT2D eigenvalue weighted by Crippen LogP contribution is 2.30. The Balaban J connectivity index is 1.46. The van der Waals surface area contributed by atoms with E-state index in [1.54, 1.807) is 17.3 Å². The fraction of sp³-hybridized carbons (Fsp3) is 0.385. The van der Waals surface area contributed by atoms with Crippen molar-refractivity contribution in [2.45, 2.75) is 39.2 Å². The van der Waals surface area contributed by atoms with E-state index in [2.05, 4.69) is 67.3 Å². The fourth-order valence-corrected chi connectivity index (χ4v) is 4.81. The highest BCUT2D eigenvalue weighted by molar-refractivity contribution is 14.1. The number of pyridine rings is 2. The summed E-state index contributed by atoms with van der Waals surface area (Å²) in [6, 6.07) is 14.1. The van der Waals surface area contributed by atoms with Gasteiger partial charge in [-0.1, -0.05) is 18.2 Å². The molecular formula is C26H31IN6O2. The maximum Gasteiger partial charge on any atom is 0.407 e. The van der Waals surface area contributed by atoms with Gasteiger partial charge in [-0.25, -0.2) is 14.8 Å². The van der Waals surface area contributed by atoms with E-state index in [-0.39, 0.29) is 0 Å². The molecule has 3 aromatic rings. The number of hydrogen-bond donors (Lipinski definition) is 2. The van der Waals surface area contributed by atoms with Crippen LogP contribution in [-0.4, -0.2) is 57.5 Å². The Morgan fingerprint density at radius 3 is 2.71 bits per heavy atom. The second-order valence-corrected chi connectivity index (χ2v) is 11.1. The van der Waals surface area contributed by atoms with Crippen LogP contribution in [0.2, 0.25) is 0 Å². The Kier molecular flexibility index (Phi) is 7.73. The number of nitrogens with one attached hydrogen (secondary N) is 1. The normalized spacial score (nSPS) is 15.0. The molecule has 2 N–H and O–H groups in total. The van der Waals surface area contributed by atoms with Crippen molar-refractivity contribution < 1.29 is 9.90 Å². The van der Waals surface area contributed by atoms with E-state index >= 15 is 0 Å². The largest absolute Gasteiger partial charge is 0.465 e. The molecule has 0 radical (unpaired) electrons. The van der Waals surface area contributed by atoms with Gasteiger partial charge < -0.3 is 14.9 Å². The molecule has 1 aromatic carbocycles. The van der Waals surface area contributed by atoms with Gasteiger partial charge >= 0.3 is 6.09 Å². The van der Waals surface area contributed by atoms with Crippen molar-refractivity contribution in [3.8, 4) is 0 Å².